The van der Waals surface area contributed by atoms with Crippen molar-refractivity contribution in [3.05, 3.63) is 198 Å². The van der Waals surface area contributed by atoms with E-state index in [0.717, 1.165) is 71.1 Å². The van der Waals surface area contributed by atoms with Crippen molar-refractivity contribution in [3.8, 4) is 40.3 Å². The summed E-state index contributed by atoms with van der Waals surface area (Å²) in [6, 6.07) is 67.4. The van der Waals surface area contributed by atoms with Gasteiger partial charge in [-0.3, -0.25) is 0 Å². The Morgan fingerprint density at radius 3 is 1.61 bits per heavy atom. The highest BCUT2D eigenvalue weighted by Crippen LogP contribution is 2.51. The van der Waals surface area contributed by atoms with E-state index < -0.39 is 0 Å². The van der Waals surface area contributed by atoms with E-state index in [4.69, 9.17) is 0 Å². The minimum absolute atomic E-state index is 0.240. The Morgan fingerprint density at radius 1 is 0.387 bits per heavy atom. The van der Waals surface area contributed by atoms with Crippen LogP contribution in [0.4, 0.5) is 0 Å². The van der Waals surface area contributed by atoms with Crippen molar-refractivity contribution in [3.63, 3.8) is 0 Å². The molecule has 62 heavy (non-hydrogen) atoms. The Labute approximate surface area is 356 Å². The lowest BCUT2D eigenvalue weighted by Gasteiger charge is -2.22. The predicted molar refractivity (Wildman–Crippen MR) is 254 cm³/mol. The van der Waals surface area contributed by atoms with Gasteiger partial charge in [0.1, 0.15) is 12.1 Å². The maximum Gasteiger partial charge on any atom is 0.101 e. The van der Waals surface area contributed by atoms with E-state index in [9.17, 15) is 10.5 Å². The molecule has 0 radical (unpaired) electrons. The van der Waals surface area contributed by atoms with Crippen molar-refractivity contribution in [2.45, 2.75) is 19.3 Å². The van der Waals surface area contributed by atoms with Crippen molar-refractivity contribution in [1.29, 1.82) is 10.5 Å². The minimum atomic E-state index is -0.240. The summed E-state index contributed by atoms with van der Waals surface area (Å²) in [5.41, 5.74) is 14.4. The van der Waals surface area contributed by atoms with Gasteiger partial charge < -0.3 is 13.7 Å². The van der Waals surface area contributed by atoms with E-state index in [1.165, 1.54) is 33.0 Å². The molecule has 0 unspecified atom stereocenters. The zero-order valence-corrected chi connectivity index (χ0v) is 34.0. The van der Waals surface area contributed by atoms with Gasteiger partial charge in [-0.2, -0.15) is 10.5 Å². The number of benzene rings is 9. The van der Waals surface area contributed by atoms with Gasteiger partial charge in [0.25, 0.3) is 0 Å². The fourth-order valence-corrected chi connectivity index (χ4v) is 10.9. The second kappa shape index (κ2) is 12.3. The van der Waals surface area contributed by atoms with Crippen LogP contribution in [0.1, 0.15) is 36.1 Å². The third-order valence-electron chi connectivity index (χ3n) is 13.7. The van der Waals surface area contributed by atoms with Gasteiger partial charge in [0.15, 0.2) is 0 Å². The van der Waals surface area contributed by atoms with E-state index in [1.54, 1.807) is 0 Å². The first-order valence-electron chi connectivity index (χ1n) is 21.1. The molecule has 13 rings (SSSR count). The quantitative estimate of drug-likeness (QED) is 0.179. The number of para-hydroxylation sites is 3. The van der Waals surface area contributed by atoms with Gasteiger partial charge in [-0.05, 0) is 99.8 Å². The Balaban J connectivity index is 1.12. The van der Waals surface area contributed by atoms with Gasteiger partial charge in [-0.1, -0.05) is 123 Å². The van der Waals surface area contributed by atoms with Crippen LogP contribution in [-0.2, 0) is 5.41 Å². The van der Waals surface area contributed by atoms with Crippen molar-refractivity contribution in [1.82, 2.24) is 13.7 Å². The number of hydrogen-bond acceptors (Lipinski definition) is 2. The van der Waals surface area contributed by atoms with Crippen LogP contribution in [-0.4, -0.2) is 13.7 Å². The highest BCUT2D eigenvalue weighted by atomic mass is 15.0. The van der Waals surface area contributed by atoms with Gasteiger partial charge in [-0.25, -0.2) is 0 Å². The molecule has 0 atom stereocenters. The van der Waals surface area contributed by atoms with Crippen LogP contribution in [0.15, 0.2) is 176 Å². The lowest BCUT2D eigenvalue weighted by Crippen LogP contribution is -2.15. The summed E-state index contributed by atoms with van der Waals surface area (Å²) in [6.45, 7) is 4.60. The molecular formula is C57H35N5. The third-order valence-corrected chi connectivity index (χ3v) is 13.7. The summed E-state index contributed by atoms with van der Waals surface area (Å²) in [7, 11) is 0. The van der Waals surface area contributed by atoms with Crippen LogP contribution in [0, 0.1) is 22.7 Å². The molecule has 3 aromatic heterocycles. The fourth-order valence-electron chi connectivity index (χ4n) is 10.9. The second-order valence-corrected chi connectivity index (χ2v) is 17.1. The maximum absolute atomic E-state index is 11.2. The van der Waals surface area contributed by atoms with Gasteiger partial charge in [0.05, 0.1) is 55.6 Å². The van der Waals surface area contributed by atoms with Crippen LogP contribution in [0.5, 0.6) is 0 Å². The van der Waals surface area contributed by atoms with Crippen molar-refractivity contribution >= 4 is 76.2 Å². The van der Waals surface area contributed by atoms with E-state index in [1.807, 2.05) is 18.2 Å². The summed E-state index contributed by atoms with van der Waals surface area (Å²) in [5, 5.41) is 31.4. The molecule has 0 fully saturated rings. The molecule has 0 amide bonds. The number of nitrogens with zero attached hydrogens (tertiary/aromatic N) is 5. The standard InChI is InChI=1S/C57H35N5/c1-57(2)46-19-9-5-15-39(46)43-30-45-44-29-37(60-48-20-10-6-16-40(48)41-17-7-11-21-49(41)60)24-26-51(44)62(55(45)31-47(43)57)54-28-35(32-58)53(27-36(54)33-59)61-50-22-12-8-18-42(50)56-38-14-4-3-13-34(38)23-25-52(56)61/h3-31H,1-2H3. The number of aromatic nitrogens is 3. The third kappa shape index (κ3) is 4.44. The average molecular weight is 790 g/mol. The summed E-state index contributed by atoms with van der Waals surface area (Å²) < 4.78 is 6.75. The molecule has 1 aliphatic rings. The molecule has 0 bridgehead atoms. The molecule has 5 heteroatoms. The van der Waals surface area contributed by atoms with E-state index in [2.05, 4.69) is 197 Å². The molecule has 0 saturated carbocycles. The largest absolute Gasteiger partial charge is 0.309 e. The molecule has 0 N–H and O–H groups in total. The lowest BCUT2D eigenvalue weighted by atomic mass is 9.82. The topological polar surface area (TPSA) is 62.4 Å². The zero-order chi connectivity index (χ0) is 41.4. The molecule has 0 aliphatic heterocycles. The van der Waals surface area contributed by atoms with E-state index in [0.29, 0.717) is 22.5 Å². The fraction of sp³-hybridized carbons (Fsp3) is 0.0526. The Bertz CT molecular complexity index is 3990. The molecular weight excluding hydrogens is 755 g/mol. The first-order chi connectivity index (χ1) is 30.4. The highest BCUT2D eigenvalue weighted by molar-refractivity contribution is 6.21. The van der Waals surface area contributed by atoms with Gasteiger partial charge in [-0.15, -0.1) is 0 Å². The summed E-state index contributed by atoms with van der Waals surface area (Å²) >= 11 is 0. The monoisotopic (exact) mass is 789 g/mol. The summed E-state index contributed by atoms with van der Waals surface area (Å²) in [6.07, 6.45) is 0. The van der Waals surface area contributed by atoms with Crippen molar-refractivity contribution < 1.29 is 0 Å². The summed E-state index contributed by atoms with van der Waals surface area (Å²) in [4.78, 5) is 0. The number of rotatable bonds is 3. The molecule has 5 nitrogen and oxygen atoms in total. The Morgan fingerprint density at radius 2 is 0.919 bits per heavy atom. The Hall–Kier alpha value is -8.38. The van der Waals surface area contributed by atoms with Crippen LogP contribution in [0.25, 0.3) is 104 Å². The SMILES string of the molecule is CC1(C)c2ccccc2-c2cc3c4cc(-n5c6ccccc6c6ccccc65)ccc4n(-c4cc(C#N)c(-n5c6ccccc6c6c7ccccc7ccc65)cc4C#N)c3cc21. The first kappa shape index (κ1) is 34.5. The van der Waals surface area contributed by atoms with E-state index in [-0.39, 0.29) is 5.41 Å². The maximum atomic E-state index is 11.2. The van der Waals surface area contributed by atoms with E-state index >= 15 is 0 Å². The van der Waals surface area contributed by atoms with Crippen LogP contribution < -0.4 is 0 Å². The number of fused-ring (bicyclic) bond motifs is 14. The molecule has 288 valence electrons. The van der Waals surface area contributed by atoms with Gasteiger partial charge in [0, 0.05) is 43.4 Å². The van der Waals surface area contributed by atoms with Crippen molar-refractivity contribution in [2.75, 3.05) is 0 Å². The molecule has 0 spiro atoms. The molecule has 1 aliphatic carbocycles. The predicted octanol–water partition coefficient (Wildman–Crippen LogP) is 14.2. The lowest BCUT2D eigenvalue weighted by molar-refractivity contribution is 0.661. The molecule has 12 aromatic rings. The number of nitriles is 2. The molecule has 0 saturated heterocycles. The molecule has 3 heterocycles. The highest BCUT2D eigenvalue weighted by Gasteiger charge is 2.36. The number of hydrogen-bond donors (Lipinski definition) is 0. The second-order valence-electron chi connectivity index (χ2n) is 17.1. The zero-order valence-electron chi connectivity index (χ0n) is 34.0. The smallest absolute Gasteiger partial charge is 0.101 e. The van der Waals surface area contributed by atoms with Crippen LogP contribution in [0.3, 0.4) is 0 Å². The van der Waals surface area contributed by atoms with Crippen LogP contribution >= 0.6 is 0 Å². The first-order valence-corrected chi connectivity index (χ1v) is 21.1. The minimum Gasteiger partial charge on any atom is -0.309 e. The van der Waals surface area contributed by atoms with Gasteiger partial charge >= 0.3 is 0 Å². The Kier molecular flexibility index (Phi) is 6.86. The molecule has 9 aromatic carbocycles. The average Bonchev–Trinajstić information content (AvgIpc) is 4.01. The summed E-state index contributed by atoms with van der Waals surface area (Å²) in [5.74, 6) is 0. The normalized spacial score (nSPS) is 13.1. The van der Waals surface area contributed by atoms with Gasteiger partial charge in [0.2, 0.25) is 0 Å². The van der Waals surface area contributed by atoms with Crippen LogP contribution in [0.2, 0.25) is 0 Å². The van der Waals surface area contributed by atoms with Crippen molar-refractivity contribution in [2.24, 2.45) is 0 Å².